The van der Waals surface area contributed by atoms with Gasteiger partial charge in [-0.1, -0.05) is 21.4 Å². The molecule has 4 heteroatoms. The van der Waals surface area contributed by atoms with Gasteiger partial charge < -0.3 is 4.74 Å². The van der Waals surface area contributed by atoms with Crippen LogP contribution in [0.1, 0.15) is 0 Å². The summed E-state index contributed by atoms with van der Waals surface area (Å²) in [4.78, 5) is 8.34. The lowest BCUT2D eigenvalue weighted by Crippen LogP contribution is -2.03. The van der Waals surface area contributed by atoms with Crippen molar-refractivity contribution >= 4 is 14.8 Å². The monoisotopic (exact) mass is 218 g/mol. The molecule has 1 atom stereocenters. The number of nitrogens with zero attached hydrogens (tertiary/aromatic N) is 2. The van der Waals surface area contributed by atoms with Gasteiger partial charge in [-0.2, -0.15) is 0 Å². The van der Waals surface area contributed by atoms with Crippen molar-refractivity contribution in [3.63, 3.8) is 0 Å². The van der Waals surface area contributed by atoms with E-state index in [-0.39, 0.29) is 0 Å². The van der Waals surface area contributed by atoms with Gasteiger partial charge in [0.2, 0.25) is 0 Å². The Balaban J connectivity index is 2.44. The molecule has 1 aromatic carbocycles. The molecule has 0 saturated heterocycles. The van der Waals surface area contributed by atoms with E-state index in [4.69, 9.17) is 4.74 Å². The quantitative estimate of drug-likeness (QED) is 0.719. The highest BCUT2D eigenvalue weighted by Gasteiger charge is 2.00. The smallest absolute Gasteiger partial charge is 0.144 e. The second-order valence-corrected chi connectivity index (χ2v) is 3.55. The average Bonchev–Trinajstić information content (AvgIpc) is 2.29. The number of rotatable bonds is 2. The van der Waals surface area contributed by atoms with E-state index < -0.39 is 0 Å². The highest BCUT2D eigenvalue weighted by Crippen LogP contribution is 2.20. The maximum atomic E-state index is 5.16. The van der Waals surface area contributed by atoms with Crippen LogP contribution in [0.5, 0.6) is 5.75 Å². The first-order valence-electron chi connectivity index (χ1n) is 4.52. The lowest BCUT2D eigenvalue weighted by atomic mass is 10.1. The Kier molecular flexibility index (Phi) is 2.93. The van der Waals surface area contributed by atoms with Crippen molar-refractivity contribution in [2.45, 2.75) is 0 Å². The summed E-state index contributed by atoms with van der Waals surface area (Å²) in [5.41, 5.74) is 2.62. The molecule has 0 spiro atoms. The Morgan fingerprint density at radius 2 is 2.13 bits per heavy atom. The summed E-state index contributed by atoms with van der Waals surface area (Å²) in [7, 11) is 4.14. The van der Waals surface area contributed by atoms with Crippen molar-refractivity contribution in [1.82, 2.24) is 9.97 Å². The molecule has 0 aliphatic heterocycles. The number of aromatic nitrogens is 2. The number of ether oxygens (including phenoxy) is 1. The average molecular weight is 218 g/mol. The Labute approximate surface area is 90.7 Å². The van der Waals surface area contributed by atoms with Gasteiger partial charge in [-0.25, -0.2) is 9.97 Å². The Morgan fingerprint density at radius 3 is 2.87 bits per heavy atom. The first-order chi connectivity index (χ1) is 7.29. The summed E-state index contributed by atoms with van der Waals surface area (Å²) < 4.78 is 5.16. The van der Waals surface area contributed by atoms with Crippen molar-refractivity contribution in [3.8, 4) is 17.0 Å². The number of hydrogen-bond acceptors (Lipinski definition) is 3. The van der Waals surface area contributed by atoms with Crippen molar-refractivity contribution in [2.75, 3.05) is 7.11 Å². The van der Waals surface area contributed by atoms with Crippen LogP contribution in [0, 0.1) is 0 Å². The zero-order valence-corrected chi connectivity index (χ0v) is 9.50. The van der Waals surface area contributed by atoms with E-state index in [2.05, 4.69) is 19.2 Å². The van der Waals surface area contributed by atoms with Crippen LogP contribution in [-0.4, -0.2) is 17.1 Å². The standard InChI is InChI=1S/C11H11N2OP/c1-14-9-4-2-3-8(7-9)10-5-6-12-11(15)13-10/h2-7H,15H2,1H3. The molecule has 0 fully saturated rings. The molecule has 0 bridgehead atoms. The largest absolute Gasteiger partial charge is 0.497 e. The van der Waals surface area contributed by atoms with E-state index in [0.717, 1.165) is 17.0 Å². The van der Waals surface area contributed by atoms with E-state index >= 15 is 0 Å². The molecule has 2 rings (SSSR count). The highest BCUT2D eigenvalue weighted by atomic mass is 31.0. The third kappa shape index (κ3) is 2.31. The topological polar surface area (TPSA) is 35.0 Å². The van der Waals surface area contributed by atoms with E-state index in [9.17, 15) is 0 Å². The molecule has 1 heterocycles. The Morgan fingerprint density at radius 1 is 1.27 bits per heavy atom. The molecular formula is C11H11N2OP. The first-order valence-corrected chi connectivity index (χ1v) is 5.10. The van der Waals surface area contributed by atoms with Crippen LogP contribution < -0.4 is 10.3 Å². The summed E-state index contributed by atoms with van der Waals surface area (Å²) >= 11 is 0. The second-order valence-electron chi connectivity index (χ2n) is 3.03. The minimum Gasteiger partial charge on any atom is -0.497 e. The van der Waals surface area contributed by atoms with Gasteiger partial charge in [0.15, 0.2) is 0 Å². The van der Waals surface area contributed by atoms with Crippen LogP contribution in [0.2, 0.25) is 0 Å². The Bertz CT molecular complexity index is 474. The van der Waals surface area contributed by atoms with Gasteiger partial charge in [-0.05, 0) is 18.2 Å². The molecule has 2 aromatic rings. The van der Waals surface area contributed by atoms with Crippen molar-refractivity contribution in [2.24, 2.45) is 0 Å². The lowest BCUT2D eigenvalue weighted by Gasteiger charge is -2.03. The van der Waals surface area contributed by atoms with Gasteiger partial charge in [0.05, 0.1) is 12.8 Å². The minimum atomic E-state index is 0.690. The van der Waals surface area contributed by atoms with Gasteiger partial charge in [-0.15, -0.1) is 0 Å². The number of methoxy groups -OCH3 is 1. The van der Waals surface area contributed by atoms with Crippen LogP contribution in [-0.2, 0) is 0 Å². The molecule has 0 aliphatic rings. The maximum absolute atomic E-state index is 5.16. The molecule has 0 saturated carbocycles. The fraction of sp³-hybridized carbons (Fsp3) is 0.0909. The third-order valence-electron chi connectivity index (χ3n) is 2.04. The van der Waals surface area contributed by atoms with Crippen LogP contribution in [0.4, 0.5) is 0 Å². The predicted molar refractivity (Wildman–Crippen MR) is 63.4 cm³/mol. The zero-order chi connectivity index (χ0) is 10.7. The predicted octanol–water partition coefficient (Wildman–Crippen LogP) is 1.65. The summed E-state index contributed by atoms with van der Waals surface area (Å²) in [5, 5.41) is 0. The molecule has 3 nitrogen and oxygen atoms in total. The summed E-state index contributed by atoms with van der Waals surface area (Å²) in [6.45, 7) is 0. The minimum absolute atomic E-state index is 0.690. The number of benzene rings is 1. The van der Waals surface area contributed by atoms with Gasteiger partial charge in [0, 0.05) is 11.8 Å². The fourth-order valence-corrected chi connectivity index (χ4v) is 1.54. The zero-order valence-electron chi connectivity index (χ0n) is 8.34. The van der Waals surface area contributed by atoms with Gasteiger partial charge in [-0.3, -0.25) is 0 Å². The normalized spacial score (nSPS) is 10.0. The van der Waals surface area contributed by atoms with E-state index in [1.165, 1.54) is 0 Å². The first kappa shape index (κ1) is 10.1. The van der Waals surface area contributed by atoms with Gasteiger partial charge >= 0.3 is 0 Å². The number of hydrogen-bond donors (Lipinski definition) is 0. The van der Waals surface area contributed by atoms with Crippen LogP contribution in [0.15, 0.2) is 36.5 Å². The van der Waals surface area contributed by atoms with Crippen molar-refractivity contribution < 1.29 is 4.74 Å². The summed E-state index contributed by atoms with van der Waals surface area (Å²) in [5.74, 6) is 0.830. The summed E-state index contributed by atoms with van der Waals surface area (Å²) in [6, 6.07) is 9.68. The second kappa shape index (κ2) is 4.37. The molecule has 0 amide bonds. The molecule has 1 aromatic heterocycles. The van der Waals surface area contributed by atoms with E-state index in [0.29, 0.717) is 5.57 Å². The SMILES string of the molecule is COc1cccc(-c2ccnc(P)n2)c1. The summed E-state index contributed by atoms with van der Waals surface area (Å²) in [6.07, 6.45) is 1.74. The van der Waals surface area contributed by atoms with Crippen LogP contribution in [0.3, 0.4) is 0 Å². The molecule has 0 N–H and O–H groups in total. The molecule has 1 unspecified atom stereocenters. The fourth-order valence-electron chi connectivity index (χ4n) is 1.32. The molecular weight excluding hydrogens is 207 g/mol. The maximum Gasteiger partial charge on any atom is 0.144 e. The van der Waals surface area contributed by atoms with Gasteiger partial charge in [0.25, 0.3) is 0 Å². The lowest BCUT2D eigenvalue weighted by molar-refractivity contribution is 0.415. The van der Waals surface area contributed by atoms with Crippen LogP contribution >= 0.6 is 9.24 Å². The Hall–Kier alpha value is -1.47. The molecule has 76 valence electrons. The van der Waals surface area contributed by atoms with Crippen molar-refractivity contribution in [1.29, 1.82) is 0 Å². The van der Waals surface area contributed by atoms with E-state index in [1.807, 2.05) is 30.3 Å². The van der Waals surface area contributed by atoms with E-state index in [1.54, 1.807) is 13.3 Å². The molecule has 15 heavy (non-hydrogen) atoms. The molecule has 0 radical (unpaired) electrons. The van der Waals surface area contributed by atoms with Gasteiger partial charge in [0.1, 0.15) is 11.3 Å². The van der Waals surface area contributed by atoms with Crippen LogP contribution in [0.25, 0.3) is 11.3 Å². The molecule has 0 aliphatic carbocycles. The highest BCUT2D eigenvalue weighted by molar-refractivity contribution is 7.26. The van der Waals surface area contributed by atoms with Crippen molar-refractivity contribution in [3.05, 3.63) is 36.5 Å². The third-order valence-corrected chi connectivity index (χ3v) is 2.32.